The molecule has 1 N–H and O–H groups in total. The molecule has 2 aliphatic rings. The van der Waals surface area contributed by atoms with Crippen molar-refractivity contribution in [3.63, 3.8) is 0 Å². The number of esters is 1. The van der Waals surface area contributed by atoms with Crippen molar-refractivity contribution in [2.45, 2.75) is 98.4 Å². The van der Waals surface area contributed by atoms with E-state index in [0.29, 0.717) is 6.04 Å². The number of sulfonamides is 1. The van der Waals surface area contributed by atoms with E-state index in [1.165, 1.54) is 31.9 Å². The molecule has 2 aromatic rings. The average Bonchev–Trinajstić information content (AvgIpc) is 3.18. The number of hydrogen-bond acceptors (Lipinski definition) is 5. The van der Waals surface area contributed by atoms with Crippen LogP contribution in [0.2, 0.25) is 0 Å². The Bertz CT molecular complexity index is 1210. The molecule has 1 aliphatic heterocycles. The SMILES string of the molecule is CC(C)C1CCC(N2CCC(n3c(COC(=O)C(C)(C)C)c(CNS(C)(=O)=O)c4ccccc43)CC2)CC1. The highest BCUT2D eigenvalue weighted by Crippen LogP contribution is 2.38. The van der Waals surface area contributed by atoms with Crippen molar-refractivity contribution < 1.29 is 17.9 Å². The fourth-order valence-corrected chi connectivity index (χ4v) is 6.76. The minimum absolute atomic E-state index is 0.130. The summed E-state index contributed by atoms with van der Waals surface area (Å²) in [6.07, 6.45) is 8.51. The van der Waals surface area contributed by atoms with Crippen molar-refractivity contribution in [3.05, 3.63) is 35.5 Å². The van der Waals surface area contributed by atoms with Crippen molar-refractivity contribution >= 4 is 26.9 Å². The maximum absolute atomic E-state index is 12.7. The van der Waals surface area contributed by atoms with Gasteiger partial charge in [-0.05, 0) is 82.8 Å². The number of nitrogens with zero attached hydrogens (tertiary/aromatic N) is 2. The minimum Gasteiger partial charge on any atom is -0.459 e. The van der Waals surface area contributed by atoms with E-state index in [4.69, 9.17) is 4.74 Å². The highest BCUT2D eigenvalue weighted by molar-refractivity contribution is 7.88. The van der Waals surface area contributed by atoms with Crippen LogP contribution in [0.4, 0.5) is 0 Å². The molecule has 0 radical (unpaired) electrons. The third-order valence-corrected chi connectivity index (χ3v) is 9.32. The summed E-state index contributed by atoms with van der Waals surface area (Å²) in [5.74, 6) is 1.39. The van der Waals surface area contributed by atoms with Gasteiger partial charge in [-0.1, -0.05) is 32.0 Å². The first-order valence-electron chi connectivity index (χ1n) is 14.3. The Balaban J connectivity index is 1.59. The quantitative estimate of drug-likeness (QED) is 0.435. The molecule has 4 rings (SSSR count). The number of carbonyl (C=O) groups excluding carboxylic acids is 1. The second kappa shape index (κ2) is 11.7. The summed E-state index contributed by atoms with van der Waals surface area (Å²) in [7, 11) is -3.38. The van der Waals surface area contributed by atoms with Crippen molar-refractivity contribution in [2.75, 3.05) is 19.3 Å². The predicted molar refractivity (Wildman–Crippen MR) is 153 cm³/mol. The maximum Gasteiger partial charge on any atom is 0.311 e. The van der Waals surface area contributed by atoms with Crippen LogP contribution in [0.5, 0.6) is 0 Å². The Morgan fingerprint density at radius 2 is 1.66 bits per heavy atom. The van der Waals surface area contributed by atoms with Gasteiger partial charge < -0.3 is 14.2 Å². The summed E-state index contributed by atoms with van der Waals surface area (Å²) in [6.45, 7) is 12.7. The number of likely N-dealkylation sites (tertiary alicyclic amines) is 1. The Morgan fingerprint density at radius 1 is 1.03 bits per heavy atom. The van der Waals surface area contributed by atoms with Gasteiger partial charge in [0.1, 0.15) is 6.61 Å². The normalized spacial score (nSPS) is 22.3. The van der Waals surface area contributed by atoms with Crippen LogP contribution in [0.3, 0.4) is 0 Å². The lowest BCUT2D eigenvalue weighted by atomic mass is 9.79. The zero-order valence-electron chi connectivity index (χ0n) is 24.1. The van der Waals surface area contributed by atoms with Crippen LogP contribution >= 0.6 is 0 Å². The molecule has 2 fully saturated rings. The van der Waals surface area contributed by atoms with Crippen LogP contribution in [-0.4, -0.2) is 49.2 Å². The lowest BCUT2D eigenvalue weighted by molar-refractivity contribution is -0.154. The smallest absolute Gasteiger partial charge is 0.311 e. The lowest BCUT2D eigenvalue weighted by Gasteiger charge is -2.42. The van der Waals surface area contributed by atoms with E-state index in [-0.39, 0.29) is 25.2 Å². The number of ether oxygens (including phenoxy) is 1. The van der Waals surface area contributed by atoms with Crippen LogP contribution < -0.4 is 4.72 Å². The number of benzene rings is 1. The molecule has 38 heavy (non-hydrogen) atoms. The van der Waals surface area contributed by atoms with Gasteiger partial charge in [0.05, 0.1) is 17.4 Å². The summed E-state index contributed by atoms with van der Waals surface area (Å²) >= 11 is 0. The molecular weight excluding hydrogens is 498 g/mol. The van der Waals surface area contributed by atoms with Crippen molar-refractivity contribution in [2.24, 2.45) is 17.3 Å². The third-order valence-electron chi connectivity index (χ3n) is 8.66. The largest absolute Gasteiger partial charge is 0.459 e. The van der Waals surface area contributed by atoms with E-state index in [1.54, 1.807) is 0 Å². The number of para-hydroxylation sites is 1. The van der Waals surface area contributed by atoms with Crippen molar-refractivity contribution in [3.8, 4) is 0 Å². The number of aromatic nitrogens is 1. The molecule has 1 aromatic heterocycles. The summed E-state index contributed by atoms with van der Waals surface area (Å²) < 4.78 is 34.8. The zero-order chi connectivity index (χ0) is 27.7. The van der Waals surface area contributed by atoms with Gasteiger partial charge in [0.25, 0.3) is 0 Å². The summed E-state index contributed by atoms with van der Waals surface area (Å²) in [5, 5.41) is 1.01. The van der Waals surface area contributed by atoms with Gasteiger partial charge in [0.15, 0.2) is 0 Å². The third kappa shape index (κ3) is 6.80. The molecule has 0 spiro atoms. The summed E-state index contributed by atoms with van der Waals surface area (Å²) in [4.78, 5) is 15.4. The van der Waals surface area contributed by atoms with Crippen molar-refractivity contribution in [1.29, 1.82) is 0 Å². The first-order valence-corrected chi connectivity index (χ1v) is 16.2. The molecule has 8 heteroatoms. The number of piperidine rings is 1. The number of carbonyl (C=O) groups is 1. The van der Waals surface area contributed by atoms with Crippen molar-refractivity contribution in [1.82, 2.24) is 14.2 Å². The van der Waals surface area contributed by atoms with E-state index in [9.17, 15) is 13.2 Å². The van der Waals surface area contributed by atoms with Gasteiger partial charge in [-0.3, -0.25) is 4.79 Å². The van der Waals surface area contributed by atoms with Crippen LogP contribution in [0.25, 0.3) is 10.9 Å². The molecular formula is C30H47N3O4S. The number of nitrogens with one attached hydrogen (secondary N) is 1. The molecule has 212 valence electrons. The summed E-state index contributed by atoms with van der Waals surface area (Å²) in [5.41, 5.74) is 2.26. The van der Waals surface area contributed by atoms with E-state index in [1.807, 2.05) is 39.0 Å². The highest BCUT2D eigenvalue weighted by Gasteiger charge is 2.32. The molecule has 1 saturated heterocycles. The molecule has 1 aromatic carbocycles. The molecule has 1 saturated carbocycles. The van der Waals surface area contributed by atoms with Gasteiger partial charge >= 0.3 is 5.97 Å². The Kier molecular flexibility index (Phi) is 8.95. The van der Waals surface area contributed by atoms with E-state index in [2.05, 4.69) is 34.1 Å². The fourth-order valence-electron chi connectivity index (χ4n) is 6.35. The Morgan fingerprint density at radius 3 is 2.24 bits per heavy atom. The topological polar surface area (TPSA) is 80.6 Å². The number of rotatable bonds is 8. The second-order valence-corrected chi connectivity index (χ2v) is 14.6. The van der Waals surface area contributed by atoms with Crippen LogP contribution in [0.15, 0.2) is 24.3 Å². The average molecular weight is 546 g/mol. The van der Waals surface area contributed by atoms with Gasteiger partial charge in [-0.15, -0.1) is 0 Å². The summed E-state index contributed by atoms with van der Waals surface area (Å²) in [6, 6.07) is 9.13. The molecule has 2 heterocycles. The zero-order valence-corrected chi connectivity index (χ0v) is 24.9. The van der Waals surface area contributed by atoms with E-state index in [0.717, 1.165) is 59.9 Å². The maximum atomic E-state index is 12.7. The molecule has 0 bridgehead atoms. The second-order valence-electron chi connectivity index (χ2n) is 12.8. The van der Waals surface area contributed by atoms with Gasteiger partial charge in [-0.2, -0.15) is 0 Å². The Labute approximate surface area is 229 Å². The Hall–Kier alpha value is -1.90. The number of hydrogen-bond donors (Lipinski definition) is 1. The van der Waals surface area contributed by atoms with E-state index < -0.39 is 15.4 Å². The van der Waals surface area contributed by atoms with Gasteiger partial charge in [0.2, 0.25) is 10.0 Å². The lowest BCUT2D eigenvalue weighted by Crippen LogP contribution is -2.44. The predicted octanol–water partition coefficient (Wildman–Crippen LogP) is 5.63. The molecule has 1 aliphatic carbocycles. The fraction of sp³-hybridized carbons (Fsp3) is 0.700. The molecule has 7 nitrogen and oxygen atoms in total. The standard InChI is InChI=1S/C30H47N3O4S/c1-21(2)22-11-13-23(14-12-22)32-17-15-24(16-18-32)33-27-10-8-7-9-25(27)26(19-31-38(6,35)36)28(33)20-37-29(34)30(3,4)5/h7-10,21-24,31H,11-20H2,1-6H3. The molecule has 0 atom stereocenters. The van der Waals surface area contributed by atoms with Gasteiger partial charge in [-0.25, -0.2) is 13.1 Å². The molecule has 0 amide bonds. The monoisotopic (exact) mass is 545 g/mol. The van der Waals surface area contributed by atoms with Gasteiger partial charge in [0, 0.05) is 42.6 Å². The van der Waals surface area contributed by atoms with E-state index >= 15 is 0 Å². The minimum atomic E-state index is -3.38. The number of fused-ring (bicyclic) bond motifs is 1. The molecule has 0 unspecified atom stereocenters. The van der Waals surface area contributed by atoms with Crippen LogP contribution in [0.1, 0.15) is 90.4 Å². The highest BCUT2D eigenvalue weighted by atomic mass is 32.2. The van der Waals surface area contributed by atoms with Crippen LogP contribution in [0, 0.1) is 17.3 Å². The first-order chi connectivity index (χ1) is 17.8. The van der Waals surface area contributed by atoms with Crippen LogP contribution in [-0.2, 0) is 32.7 Å². The first kappa shape index (κ1) is 29.1.